The first-order chi connectivity index (χ1) is 58.8. The SMILES string of the molecule is CC1(C)OB(c2ccc3c(c2)-c2ccccc2C32CCCCC2)OC1(C)C.Clc1cccc2c1oc1ccc(-c3cc(-c4ccc(-c5ccccc5)cc4)nc(-c4ccccc4)n3)cc12.c1ccc(-c2ccc(-c3cc(-c4ccc5oc6c(-c7ccc8c(c7)-c7ccccc7C87CCCCC7)cccc6c5c4)nc(-c4ccccc4)n3)cc2)cc1. The van der Waals surface area contributed by atoms with E-state index in [1.165, 1.54) is 137 Å². The zero-order valence-corrected chi connectivity index (χ0v) is 68.5. The molecule has 120 heavy (non-hydrogen) atoms. The number of nitrogens with zero attached hydrogens (tertiary/aromatic N) is 4. The van der Waals surface area contributed by atoms with E-state index in [0.717, 1.165) is 105 Å². The predicted octanol–water partition coefficient (Wildman–Crippen LogP) is 28.9. The Labute approximate surface area is 705 Å². The predicted molar refractivity (Wildman–Crippen MR) is 493 cm³/mol. The third-order valence-corrected chi connectivity index (χ3v) is 26.7. The molecule has 8 nitrogen and oxygen atoms in total. The Morgan fingerprint density at radius 1 is 0.267 bits per heavy atom. The Balaban J connectivity index is 0.000000119. The Morgan fingerprint density at radius 2 is 0.625 bits per heavy atom. The molecule has 1 saturated heterocycles. The Morgan fingerprint density at radius 3 is 1.11 bits per heavy atom. The maximum Gasteiger partial charge on any atom is 0.494 e. The summed E-state index contributed by atoms with van der Waals surface area (Å²) in [4.78, 5) is 20.2. The molecule has 1 aliphatic heterocycles. The fourth-order valence-electron chi connectivity index (χ4n) is 19.6. The highest BCUT2D eigenvalue weighted by Gasteiger charge is 2.53. The molecule has 10 heteroatoms. The number of rotatable bonds is 10. The van der Waals surface area contributed by atoms with Crippen molar-refractivity contribution in [1.82, 2.24) is 19.9 Å². The number of fused-ring (bicyclic) bond motifs is 16. The molecule has 3 fully saturated rings. The molecule has 14 aromatic carbocycles. The van der Waals surface area contributed by atoms with Crippen LogP contribution < -0.4 is 5.46 Å². The van der Waals surface area contributed by atoms with Crippen molar-refractivity contribution in [3.63, 3.8) is 0 Å². The van der Waals surface area contributed by atoms with Crippen LogP contribution in [0, 0.1) is 0 Å². The van der Waals surface area contributed by atoms with Crippen molar-refractivity contribution >= 4 is 68.1 Å². The van der Waals surface area contributed by atoms with Crippen molar-refractivity contribution in [3.05, 3.63) is 367 Å². The minimum atomic E-state index is -0.306. The molecule has 0 atom stereocenters. The van der Waals surface area contributed by atoms with E-state index in [4.69, 9.17) is 49.7 Å². The number of para-hydroxylation sites is 2. The van der Waals surface area contributed by atoms with Crippen molar-refractivity contribution in [2.75, 3.05) is 0 Å². The van der Waals surface area contributed by atoms with Crippen molar-refractivity contribution in [2.24, 2.45) is 0 Å². The lowest BCUT2D eigenvalue weighted by Gasteiger charge is -2.36. The first-order valence-electron chi connectivity index (χ1n) is 42.4. The minimum Gasteiger partial charge on any atom is -0.455 e. The number of halogens is 1. The topological polar surface area (TPSA) is 96.3 Å². The van der Waals surface area contributed by atoms with Crippen LogP contribution in [0.4, 0.5) is 0 Å². The molecule has 0 radical (unpaired) electrons. The first-order valence-corrected chi connectivity index (χ1v) is 42.8. The van der Waals surface area contributed by atoms with Gasteiger partial charge in [0.25, 0.3) is 0 Å². The molecule has 0 N–H and O–H groups in total. The van der Waals surface area contributed by atoms with Crippen molar-refractivity contribution in [3.8, 4) is 123 Å². The van der Waals surface area contributed by atoms with E-state index in [1.54, 1.807) is 0 Å². The normalized spacial score (nSPS) is 15.6. The third kappa shape index (κ3) is 13.4. The fraction of sp³-hybridized carbons (Fsp3) is 0.164. The molecule has 18 aromatic rings. The van der Waals surface area contributed by atoms with Gasteiger partial charge in [0, 0.05) is 71.3 Å². The molecule has 0 bridgehead atoms. The average molecular weight is 1580 g/mol. The summed E-state index contributed by atoms with van der Waals surface area (Å²) in [5, 5.41) is 4.79. The molecule has 0 unspecified atom stereocenters. The van der Waals surface area contributed by atoms with Gasteiger partial charge in [0.1, 0.15) is 16.7 Å². The summed E-state index contributed by atoms with van der Waals surface area (Å²) >= 11 is 6.40. The number of hydrogen-bond donors (Lipinski definition) is 0. The molecule has 582 valence electrons. The number of furan rings is 2. The highest BCUT2D eigenvalue weighted by molar-refractivity contribution is 6.62. The fourth-order valence-corrected chi connectivity index (χ4v) is 19.8. The first kappa shape index (κ1) is 74.6. The molecule has 4 aromatic heterocycles. The van der Waals surface area contributed by atoms with Gasteiger partial charge in [-0.15, -0.1) is 0 Å². The Bertz CT molecular complexity index is 6910. The average Bonchev–Trinajstić information content (AvgIpc) is 1.56. The number of benzene rings is 14. The summed E-state index contributed by atoms with van der Waals surface area (Å²) in [5.41, 5.74) is 32.4. The summed E-state index contributed by atoms with van der Waals surface area (Å²) in [6.45, 7) is 8.47. The van der Waals surface area contributed by atoms with Crippen LogP contribution in [0.1, 0.15) is 114 Å². The quantitative estimate of drug-likeness (QED) is 0.125. The second-order valence-corrected chi connectivity index (χ2v) is 34.4. The van der Waals surface area contributed by atoms with Gasteiger partial charge in [0.15, 0.2) is 17.2 Å². The van der Waals surface area contributed by atoms with E-state index in [1.807, 2.05) is 91.0 Å². The van der Waals surface area contributed by atoms with E-state index >= 15 is 0 Å². The van der Waals surface area contributed by atoms with Crippen LogP contribution in [0.25, 0.3) is 167 Å². The second-order valence-electron chi connectivity index (χ2n) is 34.0. The van der Waals surface area contributed by atoms with Crippen molar-refractivity contribution in [1.29, 1.82) is 0 Å². The summed E-state index contributed by atoms with van der Waals surface area (Å²) in [6, 6.07) is 120. The maximum absolute atomic E-state index is 6.73. The maximum atomic E-state index is 6.73. The second kappa shape index (κ2) is 30.5. The van der Waals surface area contributed by atoms with Gasteiger partial charge in [-0.3, -0.25) is 0 Å². The van der Waals surface area contributed by atoms with Gasteiger partial charge in [-0.1, -0.05) is 329 Å². The van der Waals surface area contributed by atoms with Gasteiger partial charge < -0.3 is 18.1 Å². The highest BCUT2D eigenvalue weighted by atomic mass is 35.5. The van der Waals surface area contributed by atoms with Gasteiger partial charge >= 0.3 is 7.12 Å². The third-order valence-electron chi connectivity index (χ3n) is 26.4. The summed E-state index contributed by atoms with van der Waals surface area (Å²) in [7, 11) is -0.296. The molecule has 5 heterocycles. The molecule has 2 saturated carbocycles. The molecular formula is C110H88BClN4O4. The smallest absolute Gasteiger partial charge is 0.455 e. The Hall–Kier alpha value is -12.9. The van der Waals surface area contributed by atoms with Gasteiger partial charge in [0.05, 0.1) is 39.0 Å². The van der Waals surface area contributed by atoms with E-state index in [0.29, 0.717) is 22.3 Å². The van der Waals surface area contributed by atoms with E-state index < -0.39 is 0 Å². The van der Waals surface area contributed by atoms with E-state index in [2.05, 4.69) is 276 Å². The molecule has 5 aliphatic rings. The zero-order valence-electron chi connectivity index (χ0n) is 67.8. The summed E-state index contributed by atoms with van der Waals surface area (Å²) < 4.78 is 25.4. The van der Waals surface area contributed by atoms with Crippen LogP contribution in [0.2, 0.25) is 5.02 Å². The van der Waals surface area contributed by atoms with E-state index in [9.17, 15) is 0 Å². The Kier molecular flexibility index (Phi) is 19.0. The van der Waals surface area contributed by atoms with E-state index in [-0.39, 0.29) is 29.2 Å². The standard InChI is InChI=1S/C52H38N2O.C34H21ClN2O.C24H29BO2/c1-4-13-34(14-5-1)35-21-23-36(24-22-35)47-33-48(54-51(53-47)37-15-6-2-7-16-37)39-26-28-49-44(32-39)42-19-12-18-40(50(42)55-49)38-25-27-46-43(31-38)41-17-8-9-20-45(41)52(46)29-10-3-11-30-52;35-29-13-7-12-27-28-20-26(18-19-32(28)38-33(27)29)31-21-30(36-34(37-31)25-10-5-2-6-11-25)24-16-14-23(15-17-24)22-8-3-1-4-9-22;1-22(2)23(3,4)27-25(26-22)17-12-13-21-19(16-17)18-10-6-7-11-20(18)24(21)14-8-5-9-15-24/h1-2,4-9,12-28,31-33H,3,10-11,29-30H2;1-21H;6-7,10-13,16H,5,8-9,14-15H2,1-4H3. The van der Waals surface area contributed by atoms with Crippen LogP contribution >= 0.6 is 11.6 Å². The number of aromatic nitrogens is 4. The monoisotopic (exact) mass is 1570 g/mol. The van der Waals surface area contributed by atoms with Crippen molar-refractivity contribution < 1.29 is 18.1 Å². The molecule has 23 rings (SSSR count). The lowest BCUT2D eigenvalue weighted by atomic mass is 9.67. The summed E-state index contributed by atoms with van der Waals surface area (Å²) in [5.74, 6) is 1.39. The van der Waals surface area contributed by atoms with Crippen LogP contribution in [-0.2, 0) is 20.1 Å². The van der Waals surface area contributed by atoms with Gasteiger partial charge in [-0.25, -0.2) is 19.9 Å². The lowest BCUT2D eigenvalue weighted by molar-refractivity contribution is 0.00578. The van der Waals surface area contributed by atoms with Crippen LogP contribution in [0.15, 0.2) is 349 Å². The van der Waals surface area contributed by atoms with Gasteiger partial charge in [-0.2, -0.15) is 0 Å². The van der Waals surface area contributed by atoms with Crippen LogP contribution in [0.5, 0.6) is 0 Å². The summed E-state index contributed by atoms with van der Waals surface area (Å²) in [6.07, 6.45) is 13.0. The lowest BCUT2D eigenvalue weighted by Crippen LogP contribution is -2.41. The van der Waals surface area contributed by atoms with Crippen molar-refractivity contribution in [2.45, 2.75) is 114 Å². The largest absolute Gasteiger partial charge is 0.494 e. The zero-order chi connectivity index (χ0) is 80.7. The van der Waals surface area contributed by atoms with Crippen LogP contribution in [-0.4, -0.2) is 38.3 Å². The highest BCUT2D eigenvalue weighted by Crippen LogP contribution is 2.58. The van der Waals surface area contributed by atoms with Gasteiger partial charge in [0.2, 0.25) is 0 Å². The molecule has 4 aliphatic carbocycles. The number of hydrogen-bond acceptors (Lipinski definition) is 8. The molecular weight excluding hydrogens is 1490 g/mol. The molecule has 2 spiro atoms. The van der Waals surface area contributed by atoms with Gasteiger partial charge in [-0.05, 0) is 192 Å². The van der Waals surface area contributed by atoms with Crippen LogP contribution in [0.3, 0.4) is 0 Å². The molecule has 0 amide bonds. The minimum absolute atomic E-state index is 0.150.